The Balaban J connectivity index is 2.07. The van der Waals surface area contributed by atoms with Crippen LogP contribution in [0, 0.1) is 11.8 Å². The van der Waals surface area contributed by atoms with Crippen LogP contribution in [0.2, 0.25) is 0 Å². The van der Waals surface area contributed by atoms with Crippen LogP contribution in [0.4, 0.5) is 0 Å². The van der Waals surface area contributed by atoms with Crippen molar-refractivity contribution in [2.24, 2.45) is 11.8 Å². The number of aliphatic hydroxyl groups is 1. The molecule has 66 valence electrons. The molecule has 0 aromatic carbocycles. The van der Waals surface area contributed by atoms with Gasteiger partial charge in [-0.1, -0.05) is 6.92 Å². The van der Waals surface area contributed by atoms with Crippen LogP contribution in [-0.2, 0) is 0 Å². The molecule has 0 amide bonds. The van der Waals surface area contributed by atoms with Crippen molar-refractivity contribution in [1.82, 2.24) is 5.32 Å². The normalized spacial score (nSPS) is 34.9. The first-order chi connectivity index (χ1) is 5.11. The lowest BCUT2D eigenvalue weighted by Crippen LogP contribution is -2.34. The Morgan fingerprint density at radius 1 is 1.55 bits per heavy atom. The van der Waals surface area contributed by atoms with Gasteiger partial charge in [0.2, 0.25) is 0 Å². The van der Waals surface area contributed by atoms with E-state index < -0.39 is 0 Å². The molecule has 1 saturated carbocycles. The third-order valence-corrected chi connectivity index (χ3v) is 2.55. The molecule has 1 aliphatic rings. The van der Waals surface area contributed by atoms with E-state index in [-0.39, 0.29) is 6.10 Å². The van der Waals surface area contributed by atoms with Gasteiger partial charge in [-0.3, -0.25) is 0 Å². The van der Waals surface area contributed by atoms with Crippen LogP contribution in [0.3, 0.4) is 0 Å². The Morgan fingerprint density at radius 2 is 2.09 bits per heavy atom. The molecule has 11 heavy (non-hydrogen) atoms. The van der Waals surface area contributed by atoms with Crippen molar-refractivity contribution in [3.8, 4) is 0 Å². The van der Waals surface area contributed by atoms with Crippen molar-refractivity contribution in [3.05, 3.63) is 0 Å². The van der Waals surface area contributed by atoms with E-state index in [2.05, 4.69) is 19.2 Å². The van der Waals surface area contributed by atoms with E-state index in [9.17, 15) is 0 Å². The summed E-state index contributed by atoms with van der Waals surface area (Å²) in [6.45, 7) is 7.03. The lowest BCUT2D eigenvalue weighted by atomic mass is 10.2. The molecule has 2 N–H and O–H groups in total. The molecular weight excluding hydrogens is 138 g/mol. The molecule has 0 saturated heterocycles. The summed E-state index contributed by atoms with van der Waals surface area (Å²) in [5.74, 6) is 1.75. The number of hydrogen-bond acceptors (Lipinski definition) is 2. The van der Waals surface area contributed by atoms with Gasteiger partial charge in [0.05, 0.1) is 6.10 Å². The molecular formula is C9H19NO. The quantitative estimate of drug-likeness (QED) is 0.638. The molecule has 2 heteroatoms. The van der Waals surface area contributed by atoms with Crippen LogP contribution in [0.1, 0.15) is 27.2 Å². The predicted octanol–water partition coefficient (Wildman–Crippen LogP) is 1.00. The SMILES string of the molecule is CC(O)CNC(C)C1CC1C. The van der Waals surface area contributed by atoms with E-state index in [4.69, 9.17) is 5.11 Å². The summed E-state index contributed by atoms with van der Waals surface area (Å²) in [5.41, 5.74) is 0. The zero-order valence-corrected chi connectivity index (χ0v) is 7.67. The van der Waals surface area contributed by atoms with Crippen LogP contribution in [0.5, 0.6) is 0 Å². The molecule has 0 aliphatic heterocycles. The van der Waals surface area contributed by atoms with Crippen molar-refractivity contribution in [3.63, 3.8) is 0 Å². The summed E-state index contributed by atoms with van der Waals surface area (Å²) in [4.78, 5) is 0. The molecule has 1 fully saturated rings. The Kier molecular flexibility index (Phi) is 2.90. The Labute approximate surface area is 69.0 Å². The Hall–Kier alpha value is -0.0800. The smallest absolute Gasteiger partial charge is 0.0636 e. The van der Waals surface area contributed by atoms with E-state index in [1.807, 2.05) is 6.92 Å². The van der Waals surface area contributed by atoms with E-state index in [1.165, 1.54) is 6.42 Å². The van der Waals surface area contributed by atoms with Crippen LogP contribution < -0.4 is 5.32 Å². The summed E-state index contributed by atoms with van der Waals surface area (Å²) in [6.07, 6.45) is 1.14. The van der Waals surface area contributed by atoms with Gasteiger partial charge in [0.15, 0.2) is 0 Å². The summed E-state index contributed by atoms with van der Waals surface area (Å²) in [6, 6.07) is 0.583. The van der Waals surface area contributed by atoms with E-state index in [0.29, 0.717) is 6.04 Å². The Bertz CT molecular complexity index is 125. The maximum absolute atomic E-state index is 9.01. The summed E-state index contributed by atoms with van der Waals surface area (Å²) >= 11 is 0. The highest BCUT2D eigenvalue weighted by atomic mass is 16.3. The minimum atomic E-state index is -0.216. The molecule has 0 heterocycles. The van der Waals surface area contributed by atoms with E-state index >= 15 is 0 Å². The third kappa shape index (κ3) is 2.80. The fraction of sp³-hybridized carbons (Fsp3) is 1.00. The molecule has 1 rings (SSSR count). The lowest BCUT2D eigenvalue weighted by molar-refractivity contribution is 0.185. The molecule has 0 spiro atoms. The van der Waals surface area contributed by atoms with Crippen molar-refractivity contribution >= 4 is 0 Å². The first-order valence-corrected chi connectivity index (χ1v) is 4.52. The van der Waals surface area contributed by atoms with Crippen molar-refractivity contribution in [1.29, 1.82) is 0 Å². The van der Waals surface area contributed by atoms with Crippen molar-refractivity contribution in [2.75, 3.05) is 6.54 Å². The third-order valence-electron chi connectivity index (χ3n) is 2.55. The highest BCUT2D eigenvalue weighted by molar-refractivity contribution is 4.90. The van der Waals surface area contributed by atoms with Crippen LogP contribution >= 0.6 is 0 Å². The number of aliphatic hydroxyl groups excluding tert-OH is 1. The van der Waals surface area contributed by atoms with E-state index in [0.717, 1.165) is 18.4 Å². The fourth-order valence-electron chi connectivity index (χ4n) is 1.56. The van der Waals surface area contributed by atoms with Gasteiger partial charge in [-0.15, -0.1) is 0 Å². The number of rotatable bonds is 4. The van der Waals surface area contributed by atoms with Crippen LogP contribution in [0.15, 0.2) is 0 Å². The summed E-state index contributed by atoms with van der Waals surface area (Å²) < 4.78 is 0. The predicted molar refractivity (Wildman–Crippen MR) is 46.4 cm³/mol. The van der Waals surface area contributed by atoms with Gasteiger partial charge < -0.3 is 10.4 Å². The number of nitrogens with one attached hydrogen (secondary N) is 1. The first kappa shape index (κ1) is 9.01. The van der Waals surface area contributed by atoms with Crippen molar-refractivity contribution in [2.45, 2.75) is 39.3 Å². The van der Waals surface area contributed by atoms with Gasteiger partial charge in [-0.05, 0) is 32.1 Å². The second kappa shape index (κ2) is 3.55. The zero-order valence-electron chi connectivity index (χ0n) is 7.67. The summed E-state index contributed by atoms with van der Waals surface area (Å²) in [7, 11) is 0. The highest BCUT2D eigenvalue weighted by Gasteiger charge is 2.36. The largest absolute Gasteiger partial charge is 0.392 e. The lowest BCUT2D eigenvalue weighted by Gasteiger charge is -2.14. The molecule has 0 radical (unpaired) electrons. The molecule has 0 bridgehead atoms. The molecule has 4 unspecified atom stereocenters. The molecule has 4 atom stereocenters. The van der Waals surface area contributed by atoms with Gasteiger partial charge in [0, 0.05) is 12.6 Å². The minimum Gasteiger partial charge on any atom is -0.392 e. The van der Waals surface area contributed by atoms with Gasteiger partial charge in [0.1, 0.15) is 0 Å². The maximum Gasteiger partial charge on any atom is 0.0636 e. The maximum atomic E-state index is 9.01. The highest BCUT2D eigenvalue weighted by Crippen LogP contribution is 2.40. The Morgan fingerprint density at radius 3 is 2.45 bits per heavy atom. The average molecular weight is 157 g/mol. The van der Waals surface area contributed by atoms with Gasteiger partial charge in [-0.25, -0.2) is 0 Å². The van der Waals surface area contributed by atoms with Gasteiger partial charge >= 0.3 is 0 Å². The minimum absolute atomic E-state index is 0.216. The van der Waals surface area contributed by atoms with Crippen LogP contribution in [-0.4, -0.2) is 23.8 Å². The van der Waals surface area contributed by atoms with Crippen molar-refractivity contribution < 1.29 is 5.11 Å². The molecule has 0 aromatic rings. The van der Waals surface area contributed by atoms with Gasteiger partial charge in [-0.2, -0.15) is 0 Å². The topological polar surface area (TPSA) is 32.3 Å². The first-order valence-electron chi connectivity index (χ1n) is 4.52. The van der Waals surface area contributed by atoms with Crippen LogP contribution in [0.25, 0.3) is 0 Å². The second-order valence-electron chi connectivity index (χ2n) is 3.92. The zero-order chi connectivity index (χ0) is 8.43. The number of hydrogen-bond donors (Lipinski definition) is 2. The monoisotopic (exact) mass is 157 g/mol. The average Bonchev–Trinajstić information content (AvgIpc) is 2.61. The molecule has 1 aliphatic carbocycles. The van der Waals surface area contributed by atoms with E-state index in [1.54, 1.807) is 0 Å². The van der Waals surface area contributed by atoms with Gasteiger partial charge in [0.25, 0.3) is 0 Å². The molecule has 2 nitrogen and oxygen atoms in total. The standard InChI is InChI=1S/C9H19NO/c1-6-4-9(6)8(3)10-5-7(2)11/h6-11H,4-5H2,1-3H3. The summed E-state index contributed by atoms with van der Waals surface area (Å²) in [5, 5.41) is 12.3. The fourth-order valence-corrected chi connectivity index (χ4v) is 1.56. The second-order valence-corrected chi connectivity index (χ2v) is 3.92. The molecule has 0 aromatic heterocycles.